The Labute approximate surface area is 151 Å². The highest BCUT2D eigenvalue weighted by Gasteiger charge is 1.91. The average Bonchev–Trinajstić information content (AvgIpc) is 2.67. The normalized spacial score (nSPS) is 11.2. The Kier molecular flexibility index (Phi) is 8.23. The van der Waals surface area contributed by atoms with E-state index in [0.29, 0.717) is 13.2 Å². The molecule has 0 unspecified atom stereocenters. The Hall–Kier alpha value is -2.64. The van der Waals surface area contributed by atoms with Gasteiger partial charge in [-0.15, -0.1) is 0 Å². The molecule has 2 aromatic rings. The van der Waals surface area contributed by atoms with Crippen LogP contribution in [0, 0.1) is 0 Å². The number of benzene rings is 2. The SMILES string of the molecule is C=Cc1ccc(CC=CCOCC=CCc2ccc(C=C)cc2)cc1. The first-order valence-corrected chi connectivity index (χ1v) is 8.62. The summed E-state index contributed by atoms with van der Waals surface area (Å²) in [6.07, 6.45) is 14.0. The van der Waals surface area contributed by atoms with Crippen LogP contribution >= 0.6 is 0 Å². The van der Waals surface area contributed by atoms with Crippen molar-refractivity contribution < 1.29 is 4.74 Å². The number of allylic oxidation sites excluding steroid dienone is 2. The van der Waals surface area contributed by atoms with E-state index in [0.717, 1.165) is 24.0 Å². The van der Waals surface area contributed by atoms with Gasteiger partial charge in [0.1, 0.15) is 0 Å². The van der Waals surface area contributed by atoms with Crippen molar-refractivity contribution >= 4 is 12.2 Å². The maximum absolute atomic E-state index is 5.58. The van der Waals surface area contributed by atoms with Gasteiger partial charge in [0.15, 0.2) is 0 Å². The summed E-state index contributed by atoms with van der Waals surface area (Å²) >= 11 is 0. The fourth-order valence-corrected chi connectivity index (χ4v) is 2.36. The van der Waals surface area contributed by atoms with Crippen molar-refractivity contribution in [1.82, 2.24) is 0 Å². The van der Waals surface area contributed by atoms with Crippen LogP contribution in [0.5, 0.6) is 0 Å². The van der Waals surface area contributed by atoms with Gasteiger partial charge in [-0.05, 0) is 35.1 Å². The lowest BCUT2D eigenvalue weighted by atomic mass is 10.1. The highest BCUT2D eigenvalue weighted by atomic mass is 16.5. The summed E-state index contributed by atoms with van der Waals surface area (Å²) in [7, 11) is 0. The van der Waals surface area contributed by atoms with E-state index >= 15 is 0 Å². The molecule has 2 rings (SSSR count). The van der Waals surface area contributed by atoms with Crippen molar-refractivity contribution in [1.29, 1.82) is 0 Å². The van der Waals surface area contributed by atoms with Crippen LogP contribution in [0.3, 0.4) is 0 Å². The molecule has 0 atom stereocenters. The molecule has 0 bridgehead atoms. The molecule has 2 aromatic carbocycles. The summed E-state index contributed by atoms with van der Waals surface area (Å²) < 4.78 is 5.58. The van der Waals surface area contributed by atoms with Crippen molar-refractivity contribution in [3.63, 3.8) is 0 Å². The smallest absolute Gasteiger partial charge is 0.0651 e. The molecule has 0 radical (unpaired) electrons. The van der Waals surface area contributed by atoms with Gasteiger partial charge in [-0.25, -0.2) is 0 Å². The van der Waals surface area contributed by atoms with E-state index in [4.69, 9.17) is 4.74 Å². The second-order valence-electron chi connectivity index (χ2n) is 5.78. The lowest BCUT2D eigenvalue weighted by Gasteiger charge is -1.99. The largest absolute Gasteiger partial charge is 0.373 e. The van der Waals surface area contributed by atoms with E-state index < -0.39 is 0 Å². The Morgan fingerprint density at radius 1 is 0.600 bits per heavy atom. The van der Waals surface area contributed by atoms with E-state index in [1.807, 2.05) is 12.2 Å². The molecule has 1 heteroatoms. The number of rotatable bonds is 10. The van der Waals surface area contributed by atoms with E-state index in [-0.39, 0.29) is 0 Å². The van der Waals surface area contributed by atoms with E-state index in [2.05, 4.69) is 86.0 Å². The Bertz CT molecular complexity index is 639. The summed E-state index contributed by atoms with van der Waals surface area (Å²) in [5.41, 5.74) is 4.90. The zero-order chi connectivity index (χ0) is 17.7. The van der Waals surface area contributed by atoms with Crippen molar-refractivity contribution in [2.75, 3.05) is 13.2 Å². The van der Waals surface area contributed by atoms with Crippen molar-refractivity contribution in [2.24, 2.45) is 0 Å². The standard InChI is InChI=1S/C24H26O/c1-3-21-11-15-23(16-12-21)9-5-7-19-25-20-8-6-10-24-17-13-22(4-2)14-18-24/h3-8,11-18H,1-2,9-10,19-20H2. The minimum atomic E-state index is 0.642. The van der Waals surface area contributed by atoms with Crippen LogP contribution in [0.25, 0.3) is 12.2 Å². The third kappa shape index (κ3) is 7.19. The molecular formula is C24H26O. The van der Waals surface area contributed by atoms with Gasteiger partial charge in [-0.2, -0.15) is 0 Å². The van der Waals surface area contributed by atoms with Crippen LogP contribution in [-0.2, 0) is 17.6 Å². The molecule has 0 aliphatic rings. The van der Waals surface area contributed by atoms with Gasteiger partial charge in [-0.3, -0.25) is 0 Å². The van der Waals surface area contributed by atoms with Crippen molar-refractivity contribution in [3.05, 3.63) is 108 Å². The fourth-order valence-electron chi connectivity index (χ4n) is 2.36. The number of ether oxygens (including phenoxy) is 1. The molecule has 0 aromatic heterocycles. The Balaban J connectivity index is 1.58. The van der Waals surface area contributed by atoms with Gasteiger partial charge in [0.25, 0.3) is 0 Å². The van der Waals surface area contributed by atoms with Crippen molar-refractivity contribution in [2.45, 2.75) is 12.8 Å². The summed E-state index contributed by atoms with van der Waals surface area (Å²) in [6.45, 7) is 8.81. The average molecular weight is 330 g/mol. The molecule has 0 saturated heterocycles. The minimum Gasteiger partial charge on any atom is -0.373 e. The lowest BCUT2D eigenvalue weighted by Crippen LogP contribution is -1.91. The summed E-state index contributed by atoms with van der Waals surface area (Å²) in [5, 5.41) is 0. The molecular weight excluding hydrogens is 304 g/mol. The zero-order valence-electron chi connectivity index (χ0n) is 14.7. The second-order valence-corrected chi connectivity index (χ2v) is 5.78. The third-order valence-electron chi connectivity index (χ3n) is 3.90. The first kappa shape index (κ1) is 18.7. The highest BCUT2D eigenvalue weighted by Crippen LogP contribution is 2.07. The predicted molar refractivity (Wildman–Crippen MR) is 110 cm³/mol. The van der Waals surface area contributed by atoms with Crippen LogP contribution in [0.1, 0.15) is 22.3 Å². The molecule has 0 spiro atoms. The Morgan fingerprint density at radius 3 is 1.36 bits per heavy atom. The predicted octanol–water partition coefficient (Wildman–Crippen LogP) is 5.89. The van der Waals surface area contributed by atoms with Gasteiger partial charge in [0.05, 0.1) is 13.2 Å². The molecule has 0 N–H and O–H groups in total. The zero-order valence-corrected chi connectivity index (χ0v) is 14.7. The lowest BCUT2D eigenvalue weighted by molar-refractivity contribution is 0.193. The monoisotopic (exact) mass is 330 g/mol. The minimum absolute atomic E-state index is 0.642. The third-order valence-corrected chi connectivity index (χ3v) is 3.90. The van der Waals surface area contributed by atoms with Crippen LogP contribution in [0.4, 0.5) is 0 Å². The fraction of sp³-hybridized carbons (Fsp3) is 0.167. The molecule has 1 nitrogen and oxygen atoms in total. The summed E-state index contributed by atoms with van der Waals surface area (Å²) in [5.74, 6) is 0. The first-order valence-electron chi connectivity index (χ1n) is 8.62. The van der Waals surface area contributed by atoms with Crippen LogP contribution in [-0.4, -0.2) is 13.2 Å². The molecule has 0 aliphatic carbocycles. The van der Waals surface area contributed by atoms with Gasteiger partial charge < -0.3 is 4.74 Å². The van der Waals surface area contributed by atoms with Crippen molar-refractivity contribution in [3.8, 4) is 0 Å². The number of hydrogen-bond donors (Lipinski definition) is 0. The maximum atomic E-state index is 5.58. The molecule has 0 amide bonds. The molecule has 25 heavy (non-hydrogen) atoms. The Morgan fingerprint density at radius 2 is 1.00 bits per heavy atom. The topological polar surface area (TPSA) is 9.23 Å². The molecule has 128 valence electrons. The quantitative estimate of drug-likeness (QED) is 0.390. The maximum Gasteiger partial charge on any atom is 0.0651 e. The van der Waals surface area contributed by atoms with Gasteiger partial charge in [0.2, 0.25) is 0 Å². The van der Waals surface area contributed by atoms with Crippen LogP contribution < -0.4 is 0 Å². The first-order chi connectivity index (χ1) is 12.3. The van der Waals surface area contributed by atoms with Crippen LogP contribution in [0.2, 0.25) is 0 Å². The summed E-state index contributed by atoms with van der Waals surface area (Å²) in [6, 6.07) is 16.9. The molecule has 0 saturated carbocycles. The molecule has 0 aliphatic heterocycles. The second kappa shape index (κ2) is 11.0. The van der Waals surface area contributed by atoms with E-state index in [1.165, 1.54) is 11.1 Å². The van der Waals surface area contributed by atoms with E-state index in [1.54, 1.807) is 0 Å². The van der Waals surface area contributed by atoms with E-state index in [9.17, 15) is 0 Å². The van der Waals surface area contributed by atoms with Gasteiger partial charge >= 0.3 is 0 Å². The van der Waals surface area contributed by atoms with Gasteiger partial charge in [-0.1, -0.05) is 98.1 Å². The number of hydrogen-bond acceptors (Lipinski definition) is 1. The molecule has 0 fully saturated rings. The molecule has 0 heterocycles. The summed E-state index contributed by atoms with van der Waals surface area (Å²) in [4.78, 5) is 0. The van der Waals surface area contributed by atoms with Crippen LogP contribution in [0.15, 0.2) is 86.0 Å². The highest BCUT2D eigenvalue weighted by molar-refractivity contribution is 5.48. The van der Waals surface area contributed by atoms with Gasteiger partial charge in [0, 0.05) is 0 Å².